The van der Waals surface area contributed by atoms with E-state index < -0.39 is 0 Å². The maximum absolute atomic E-state index is 6.48. The van der Waals surface area contributed by atoms with Crippen molar-refractivity contribution in [2.75, 3.05) is 13.2 Å². The predicted molar refractivity (Wildman–Crippen MR) is 341 cm³/mol. The van der Waals surface area contributed by atoms with Crippen LogP contribution in [0.25, 0.3) is 5.32 Å². The average Bonchev–Trinajstić information content (AvgIpc) is 3.41. The number of aryl methyl sites for hydroxylation is 2. The predicted octanol–water partition coefficient (Wildman–Crippen LogP) is 24.9. The van der Waals surface area contributed by atoms with E-state index in [1.807, 2.05) is 0 Å². The molecular weight excluding hydrogens is 1030 g/mol. The molecular formula is C69H120Cl2FeN3O2. The molecule has 77 heavy (non-hydrogen) atoms. The SMILES string of the molecule is CCCCCCCCCCCCCCCCCCCCOc1cc(C)c(N=C(C)C2CCCC(C(C)=Nc3cc(C(C)C)c(OCCCCCCCCCCCCCCCCCCCC)cc3C)[N-]2)cc1C(C)C.[Cl][Fe+][Cl]. The van der Waals surface area contributed by atoms with Gasteiger partial charge in [-0.1, -0.05) is 291 Å². The quantitative estimate of drug-likeness (QED) is 0.0377. The molecule has 1 fully saturated rings. The van der Waals surface area contributed by atoms with Crippen molar-refractivity contribution in [3.63, 3.8) is 0 Å². The molecule has 8 heteroatoms. The van der Waals surface area contributed by atoms with E-state index in [4.69, 9.17) is 45.0 Å². The second kappa shape index (κ2) is 48.0. The summed E-state index contributed by atoms with van der Waals surface area (Å²) in [4.78, 5) is 10.6. The Hall–Kier alpha value is -1.56. The van der Waals surface area contributed by atoms with Gasteiger partial charge >= 0.3 is 33.3 Å². The van der Waals surface area contributed by atoms with E-state index >= 15 is 0 Å². The van der Waals surface area contributed by atoms with E-state index in [-0.39, 0.29) is 25.2 Å². The number of hydrogen-bond donors (Lipinski definition) is 0. The summed E-state index contributed by atoms with van der Waals surface area (Å²) in [7, 11) is 9.53. The second-order valence-corrected chi connectivity index (χ2v) is 25.9. The van der Waals surface area contributed by atoms with E-state index in [0.29, 0.717) is 11.8 Å². The Bertz CT molecular complexity index is 1670. The van der Waals surface area contributed by atoms with Crippen molar-refractivity contribution in [1.82, 2.24) is 0 Å². The fourth-order valence-corrected chi connectivity index (χ4v) is 11.2. The molecule has 1 aliphatic heterocycles. The van der Waals surface area contributed by atoms with Gasteiger partial charge in [0.1, 0.15) is 11.5 Å². The topological polar surface area (TPSA) is 57.3 Å². The van der Waals surface area contributed by atoms with Crippen molar-refractivity contribution in [1.29, 1.82) is 0 Å². The van der Waals surface area contributed by atoms with Crippen molar-refractivity contribution in [3.05, 3.63) is 51.8 Å². The molecule has 1 aliphatic rings. The Morgan fingerprint density at radius 2 is 0.701 bits per heavy atom. The van der Waals surface area contributed by atoms with Crippen LogP contribution in [0.5, 0.6) is 11.5 Å². The zero-order valence-electron chi connectivity index (χ0n) is 51.9. The molecule has 2 aromatic carbocycles. The summed E-state index contributed by atoms with van der Waals surface area (Å²) < 4.78 is 13.0. The molecule has 445 valence electrons. The molecule has 2 atom stereocenters. The van der Waals surface area contributed by atoms with Crippen LogP contribution >= 0.6 is 20.2 Å². The van der Waals surface area contributed by atoms with Crippen molar-refractivity contribution in [3.8, 4) is 11.5 Å². The Labute approximate surface area is 492 Å². The number of hydrogen-bond acceptors (Lipinski definition) is 4. The van der Waals surface area contributed by atoms with Crippen molar-refractivity contribution in [2.24, 2.45) is 9.98 Å². The molecule has 0 aromatic heterocycles. The molecule has 5 nitrogen and oxygen atoms in total. The van der Waals surface area contributed by atoms with Gasteiger partial charge in [-0.3, -0.25) is 9.98 Å². The first kappa shape index (κ1) is 71.5. The molecule has 0 saturated carbocycles. The minimum absolute atomic E-state index is 0.101. The van der Waals surface area contributed by atoms with Crippen LogP contribution in [-0.2, 0) is 13.1 Å². The maximum atomic E-state index is 6.48. The molecule has 2 aromatic rings. The van der Waals surface area contributed by atoms with Crippen LogP contribution < -0.4 is 9.47 Å². The van der Waals surface area contributed by atoms with Crippen LogP contribution in [0, 0.1) is 13.8 Å². The first-order valence-corrected chi connectivity index (χ1v) is 35.7. The first-order valence-electron chi connectivity index (χ1n) is 32.7. The fourth-order valence-electron chi connectivity index (χ4n) is 11.2. The Kier molecular flexibility index (Phi) is 44.6. The summed E-state index contributed by atoms with van der Waals surface area (Å²) in [5.41, 5.74) is 9.15. The monoisotopic (exact) mass is 1150 g/mol. The molecule has 1 heterocycles. The summed E-state index contributed by atoms with van der Waals surface area (Å²) in [6.45, 7) is 24.0. The Morgan fingerprint density at radius 1 is 0.455 bits per heavy atom. The third-order valence-corrected chi connectivity index (χ3v) is 16.3. The number of nitrogens with zero attached hydrogens (tertiary/aromatic N) is 3. The summed E-state index contributed by atoms with van der Waals surface area (Å²) in [6, 6.07) is 9.24. The number of aliphatic imine (C=N–C) groups is 2. The molecule has 2 unspecified atom stereocenters. The summed E-state index contributed by atoms with van der Waals surface area (Å²) in [5.74, 6) is 2.79. The zero-order valence-corrected chi connectivity index (χ0v) is 54.5. The average molecular weight is 1150 g/mol. The molecule has 0 radical (unpaired) electrons. The zero-order chi connectivity index (χ0) is 56.1. The third-order valence-electron chi connectivity index (χ3n) is 16.3. The number of rotatable bonds is 46. The molecule has 0 aliphatic carbocycles. The van der Waals surface area contributed by atoms with Crippen LogP contribution in [0.3, 0.4) is 0 Å². The number of piperidine rings is 1. The summed E-state index contributed by atoms with van der Waals surface area (Å²) in [6.07, 6.45) is 53.4. The normalized spacial score (nSPS) is 15.1. The van der Waals surface area contributed by atoms with Gasteiger partial charge in [0, 0.05) is 0 Å². The van der Waals surface area contributed by atoms with Crippen LogP contribution in [0.4, 0.5) is 11.4 Å². The van der Waals surface area contributed by atoms with Gasteiger partial charge in [-0.25, -0.2) is 0 Å². The molecule has 3 rings (SSSR count). The second-order valence-electron chi connectivity index (χ2n) is 24.0. The number of benzene rings is 2. The summed E-state index contributed by atoms with van der Waals surface area (Å²) in [5, 5.41) is 5.40. The van der Waals surface area contributed by atoms with Crippen molar-refractivity contribution >= 4 is 43.0 Å². The minimum atomic E-state index is 0.101. The van der Waals surface area contributed by atoms with Crippen molar-refractivity contribution in [2.45, 2.75) is 344 Å². The van der Waals surface area contributed by atoms with E-state index in [0.717, 1.165) is 79.6 Å². The Morgan fingerprint density at radius 3 is 0.948 bits per heavy atom. The van der Waals surface area contributed by atoms with Gasteiger partial charge in [-0.05, 0) is 110 Å². The van der Waals surface area contributed by atoms with E-state index in [1.54, 1.807) is 0 Å². The van der Waals surface area contributed by atoms with Crippen LogP contribution in [-0.4, -0.2) is 36.7 Å². The third kappa shape index (κ3) is 34.5. The first-order chi connectivity index (χ1) is 37.5. The van der Waals surface area contributed by atoms with Gasteiger partial charge in [0.2, 0.25) is 0 Å². The van der Waals surface area contributed by atoms with Gasteiger partial charge in [0.05, 0.1) is 24.6 Å². The molecule has 1 saturated heterocycles. The standard InChI is InChI=1S/C69H120N3O2.2ClH.Fe/c1-11-13-15-17-19-21-23-25-27-29-31-33-35-37-39-41-43-45-50-73-68-52-58(7)66(54-62(68)56(3)4)70-60(9)64-48-47-49-65(72-64)61(10)71-67-55-63(57(5)6)69(53-59(67)8)74-51-46-44-42-40-38-36-34-32-30-28-26-24-22-20-18-16-14-12-2;;;/h52-57,64-65H,11-51H2,1-10H3;2*1H;/q-1;;;+3/p-2. The van der Waals surface area contributed by atoms with Gasteiger partial charge in [-0.2, -0.15) is 0 Å². The van der Waals surface area contributed by atoms with Crippen LogP contribution in [0.1, 0.15) is 340 Å². The Balaban J connectivity index is 0.00000659. The number of unbranched alkanes of at least 4 members (excludes halogenated alkanes) is 34. The number of halogens is 2. The molecule has 0 bridgehead atoms. The molecule has 0 N–H and O–H groups in total. The molecule has 0 amide bonds. The summed E-state index contributed by atoms with van der Waals surface area (Å²) >= 11 is 0.194. The number of ether oxygens (including phenoxy) is 2. The van der Waals surface area contributed by atoms with E-state index in [9.17, 15) is 0 Å². The van der Waals surface area contributed by atoms with E-state index in [1.165, 1.54) is 241 Å². The molecule has 0 spiro atoms. The van der Waals surface area contributed by atoms with Gasteiger partial charge in [0.15, 0.2) is 0 Å². The van der Waals surface area contributed by atoms with Crippen LogP contribution in [0.2, 0.25) is 0 Å². The fraction of sp³-hybridized carbons (Fsp3) is 0.797. The van der Waals surface area contributed by atoms with Gasteiger partial charge < -0.3 is 14.8 Å². The van der Waals surface area contributed by atoms with E-state index in [2.05, 4.69) is 93.5 Å². The van der Waals surface area contributed by atoms with Gasteiger partial charge in [0.25, 0.3) is 0 Å². The van der Waals surface area contributed by atoms with Crippen molar-refractivity contribution < 1.29 is 22.6 Å². The van der Waals surface area contributed by atoms with Crippen LogP contribution in [0.15, 0.2) is 34.3 Å². The van der Waals surface area contributed by atoms with Gasteiger partial charge in [-0.15, -0.1) is 0 Å².